The molecule has 110 valence electrons. The van der Waals surface area contributed by atoms with Gasteiger partial charge in [0.15, 0.2) is 0 Å². The summed E-state index contributed by atoms with van der Waals surface area (Å²) in [7, 11) is 0. The SMILES string of the molecule is Nc1cc(Cl)ccc1CN1CCN(c2ccccc2)CC1. The Bertz CT molecular complexity index is 592. The highest BCUT2D eigenvalue weighted by atomic mass is 35.5. The molecule has 0 amide bonds. The minimum atomic E-state index is 0.699. The molecule has 4 heteroatoms. The van der Waals surface area contributed by atoms with Crippen LogP contribution in [0.3, 0.4) is 0 Å². The lowest BCUT2D eigenvalue weighted by Crippen LogP contribution is -2.46. The minimum absolute atomic E-state index is 0.699. The molecule has 21 heavy (non-hydrogen) atoms. The van der Waals surface area contributed by atoms with Gasteiger partial charge in [0.05, 0.1) is 0 Å². The quantitative estimate of drug-likeness (QED) is 0.883. The highest BCUT2D eigenvalue weighted by Gasteiger charge is 2.17. The van der Waals surface area contributed by atoms with Gasteiger partial charge in [-0.1, -0.05) is 35.9 Å². The van der Waals surface area contributed by atoms with Crippen molar-refractivity contribution in [3.05, 3.63) is 59.1 Å². The number of hydrogen-bond acceptors (Lipinski definition) is 3. The summed E-state index contributed by atoms with van der Waals surface area (Å²) in [6.07, 6.45) is 0. The standard InChI is InChI=1S/C17H20ClN3/c18-15-7-6-14(17(19)12-15)13-20-8-10-21(11-9-20)16-4-2-1-3-5-16/h1-7,12H,8-11,13,19H2. The van der Waals surface area contributed by atoms with Gasteiger partial charge in [-0.3, -0.25) is 4.90 Å². The van der Waals surface area contributed by atoms with Crippen LogP contribution >= 0.6 is 11.6 Å². The highest BCUT2D eigenvalue weighted by molar-refractivity contribution is 6.30. The number of anilines is 2. The van der Waals surface area contributed by atoms with Gasteiger partial charge in [-0.15, -0.1) is 0 Å². The Kier molecular flexibility index (Phi) is 4.32. The number of halogens is 1. The number of nitrogens with zero attached hydrogens (tertiary/aromatic N) is 2. The molecule has 2 aromatic carbocycles. The highest BCUT2D eigenvalue weighted by Crippen LogP contribution is 2.21. The number of piperazine rings is 1. The first-order valence-electron chi connectivity index (χ1n) is 7.28. The van der Waals surface area contributed by atoms with E-state index >= 15 is 0 Å². The summed E-state index contributed by atoms with van der Waals surface area (Å²) in [6.45, 7) is 5.11. The van der Waals surface area contributed by atoms with Crippen molar-refractivity contribution >= 4 is 23.0 Å². The first-order chi connectivity index (χ1) is 10.2. The van der Waals surface area contributed by atoms with Crippen molar-refractivity contribution < 1.29 is 0 Å². The first-order valence-corrected chi connectivity index (χ1v) is 7.66. The van der Waals surface area contributed by atoms with Crippen LogP contribution in [0.1, 0.15) is 5.56 Å². The lowest BCUT2D eigenvalue weighted by molar-refractivity contribution is 0.250. The van der Waals surface area contributed by atoms with Crippen LogP contribution in [0.4, 0.5) is 11.4 Å². The summed E-state index contributed by atoms with van der Waals surface area (Å²) < 4.78 is 0. The van der Waals surface area contributed by atoms with Crippen molar-refractivity contribution in [1.29, 1.82) is 0 Å². The van der Waals surface area contributed by atoms with E-state index in [0.29, 0.717) is 5.02 Å². The van der Waals surface area contributed by atoms with E-state index in [2.05, 4.69) is 40.1 Å². The molecule has 3 rings (SSSR count). The zero-order valence-corrected chi connectivity index (χ0v) is 12.8. The molecular formula is C17H20ClN3. The van der Waals surface area contributed by atoms with Crippen molar-refractivity contribution in [3.8, 4) is 0 Å². The van der Waals surface area contributed by atoms with Gasteiger partial charge in [0.25, 0.3) is 0 Å². The molecule has 0 spiro atoms. The molecular weight excluding hydrogens is 282 g/mol. The third kappa shape index (κ3) is 3.49. The first kappa shape index (κ1) is 14.2. The average Bonchev–Trinajstić information content (AvgIpc) is 2.52. The number of benzene rings is 2. The predicted molar refractivity (Wildman–Crippen MR) is 89.8 cm³/mol. The Morgan fingerprint density at radius 3 is 2.33 bits per heavy atom. The van der Waals surface area contributed by atoms with E-state index in [0.717, 1.165) is 44.0 Å². The second-order valence-electron chi connectivity index (χ2n) is 5.44. The van der Waals surface area contributed by atoms with Crippen LogP contribution in [0.5, 0.6) is 0 Å². The summed E-state index contributed by atoms with van der Waals surface area (Å²) in [6, 6.07) is 16.4. The van der Waals surface area contributed by atoms with Gasteiger partial charge in [0.1, 0.15) is 0 Å². The van der Waals surface area contributed by atoms with Crippen LogP contribution in [-0.2, 0) is 6.54 Å². The number of hydrogen-bond donors (Lipinski definition) is 1. The fourth-order valence-electron chi connectivity index (χ4n) is 2.75. The summed E-state index contributed by atoms with van der Waals surface area (Å²) >= 11 is 5.95. The molecule has 1 aliphatic rings. The van der Waals surface area contributed by atoms with Crippen LogP contribution in [0.15, 0.2) is 48.5 Å². The molecule has 0 bridgehead atoms. The predicted octanol–water partition coefficient (Wildman–Crippen LogP) is 3.24. The van der Waals surface area contributed by atoms with E-state index in [9.17, 15) is 0 Å². The van der Waals surface area contributed by atoms with Crippen molar-refractivity contribution in [2.45, 2.75) is 6.54 Å². The van der Waals surface area contributed by atoms with Crippen molar-refractivity contribution in [2.24, 2.45) is 0 Å². The Morgan fingerprint density at radius 2 is 1.67 bits per heavy atom. The summed E-state index contributed by atoms with van der Waals surface area (Å²) in [4.78, 5) is 4.88. The number of para-hydroxylation sites is 1. The molecule has 2 N–H and O–H groups in total. The molecule has 1 heterocycles. The molecule has 0 aromatic heterocycles. The van der Waals surface area contributed by atoms with Gasteiger partial charge < -0.3 is 10.6 Å². The maximum absolute atomic E-state index is 6.04. The summed E-state index contributed by atoms with van der Waals surface area (Å²) in [5.74, 6) is 0. The van der Waals surface area contributed by atoms with E-state index < -0.39 is 0 Å². The molecule has 1 fully saturated rings. The van der Waals surface area contributed by atoms with Gasteiger partial charge >= 0.3 is 0 Å². The van der Waals surface area contributed by atoms with Gasteiger partial charge in [-0.05, 0) is 29.8 Å². The van der Waals surface area contributed by atoms with Crippen LogP contribution in [0.2, 0.25) is 5.02 Å². The second kappa shape index (κ2) is 6.37. The van der Waals surface area contributed by atoms with Gasteiger partial charge in [-0.2, -0.15) is 0 Å². The van der Waals surface area contributed by atoms with Crippen molar-refractivity contribution in [2.75, 3.05) is 36.8 Å². The topological polar surface area (TPSA) is 32.5 Å². The molecule has 0 unspecified atom stereocenters. The van der Waals surface area contributed by atoms with E-state index in [1.165, 1.54) is 5.69 Å². The lowest BCUT2D eigenvalue weighted by atomic mass is 10.1. The zero-order valence-electron chi connectivity index (χ0n) is 12.0. The van der Waals surface area contributed by atoms with Crippen LogP contribution in [0.25, 0.3) is 0 Å². The van der Waals surface area contributed by atoms with Gasteiger partial charge in [0, 0.05) is 49.1 Å². The summed E-state index contributed by atoms with van der Waals surface area (Å²) in [5, 5.41) is 0.699. The molecule has 0 aliphatic carbocycles. The molecule has 3 nitrogen and oxygen atoms in total. The van der Waals surface area contributed by atoms with E-state index in [-0.39, 0.29) is 0 Å². The zero-order chi connectivity index (χ0) is 14.7. The number of nitrogens with two attached hydrogens (primary N) is 1. The normalized spacial score (nSPS) is 16.1. The van der Waals surface area contributed by atoms with Crippen molar-refractivity contribution in [1.82, 2.24) is 4.90 Å². The van der Waals surface area contributed by atoms with E-state index in [1.54, 1.807) is 0 Å². The smallest absolute Gasteiger partial charge is 0.0426 e. The van der Waals surface area contributed by atoms with Gasteiger partial charge in [0.2, 0.25) is 0 Å². The van der Waals surface area contributed by atoms with E-state index in [1.807, 2.05) is 18.2 Å². The molecule has 0 atom stereocenters. The third-order valence-electron chi connectivity index (χ3n) is 4.00. The third-order valence-corrected chi connectivity index (χ3v) is 4.23. The largest absolute Gasteiger partial charge is 0.398 e. The molecule has 1 aliphatic heterocycles. The molecule has 0 radical (unpaired) electrons. The minimum Gasteiger partial charge on any atom is -0.398 e. The Labute approximate surface area is 130 Å². The fraction of sp³-hybridized carbons (Fsp3) is 0.294. The summed E-state index contributed by atoms with van der Waals surface area (Å²) in [5.41, 5.74) is 9.29. The van der Waals surface area contributed by atoms with Crippen LogP contribution in [0, 0.1) is 0 Å². The average molecular weight is 302 g/mol. The Morgan fingerprint density at radius 1 is 0.952 bits per heavy atom. The Hall–Kier alpha value is -1.71. The van der Waals surface area contributed by atoms with Crippen LogP contribution < -0.4 is 10.6 Å². The van der Waals surface area contributed by atoms with Gasteiger partial charge in [-0.25, -0.2) is 0 Å². The van der Waals surface area contributed by atoms with E-state index in [4.69, 9.17) is 17.3 Å². The maximum atomic E-state index is 6.04. The maximum Gasteiger partial charge on any atom is 0.0426 e. The number of rotatable bonds is 3. The van der Waals surface area contributed by atoms with Crippen LogP contribution in [-0.4, -0.2) is 31.1 Å². The fourth-order valence-corrected chi connectivity index (χ4v) is 2.93. The molecule has 0 saturated carbocycles. The van der Waals surface area contributed by atoms with Crippen molar-refractivity contribution in [3.63, 3.8) is 0 Å². The lowest BCUT2D eigenvalue weighted by Gasteiger charge is -2.36. The Balaban J connectivity index is 1.59. The molecule has 2 aromatic rings. The monoisotopic (exact) mass is 301 g/mol. The number of nitrogen functional groups attached to an aromatic ring is 1. The second-order valence-corrected chi connectivity index (χ2v) is 5.88. The molecule has 1 saturated heterocycles.